The van der Waals surface area contributed by atoms with E-state index in [0.717, 1.165) is 17.3 Å². The molecule has 0 aliphatic heterocycles. The van der Waals surface area contributed by atoms with E-state index in [1.807, 2.05) is 12.1 Å². The highest BCUT2D eigenvalue weighted by molar-refractivity contribution is 9.10. The molecule has 1 rings (SSSR count). The van der Waals surface area contributed by atoms with Crippen molar-refractivity contribution in [1.82, 2.24) is 0 Å². The molecule has 0 unspecified atom stereocenters. The lowest BCUT2D eigenvalue weighted by Gasteiger charge is -2.15. The molecule has 0 saturated heterocycles. The van der Waals surface area contributed by atoms with E-state index in [9.17, 15) is 0 Å². The largest absolute Gasteiger partial charge is 0.493 e. The molecular formula is C12H17BrO3. The molecule has 0 bridgehead atoms. The molecule has 0 spiro atoms. The maximum atomic E-state index is 5.69. The van der Waals surface area contributed by atoms with Crippen molar-refractivity contribution in [2.45, 2.75) is 19.8 Å². The van der Waals surface area contributed by atoms with Gasteiger partial charge in [0.15, 0.2) is 11.5 Å². The highest BCUT2D eigenvalue weighted by atomic mass is 79.9. The fourth-order valence-corrected chi connectivity index (χ4v) is 1.80. The average molecular weight is 289 g/mol. The van der Waals surface area contributed by atoms with Crippen LogP contribution >= 0.6 is 15.9 Å². The van der Waals surface area contributed by atoms with Gasteiger partial charge in [-0.3, -0.25) is 0 Å². The van der Waals surface area contributed by atoms with Crippen LogP contribution in [0, 0.1) is 0 Å². The van der Waals surface area contributed by atoms with Crippen LogP contribution in [0.4, 0.5) is 0 Å². The summed E-state index contributed by atoms with van der Waals surface area (Å²) in [5, 5.41) is 0. The van der Waals surface area contributed by atoms with E-state index in [1.54, 1.807) is 14.2 Å². The molecule has 16 heavy (non-hydrogen) atoms. The van der Waals surface area contributed by atoms with Crippen LogP contribution < -0.4 is 14.2 Å². The second kappa shape index (κ2) is 6.63. The number of halogens is 1. The molecule has 0 aliphatic rings. The number of benzene rings is 1. The average Bonchev–Trinajstić information content (AvgIpc) is 2.30. The summed E-state index contributed by atoms with van der Waals surface area (Å²) in [7, 11) is 3.24. The Labute approximate surface area is 105 Å². The fraction of sp³-hybridized carbons (Fsp3) is 0.500. The standard InChI is InChI=1S/C12H17BrO3/c1-4-5-8-16-12-10(14-2)7-6-9(13)11(12)15-3/h6-7H,4-5,8H2,1-3H3. The Balaban J connectivity index is 2.95. The van der Waals surface area contributed by atoms with Crippen molar-refractivity contribution >= 4 is 15.9 Å². The molecular weight excluding hydrogens is 272 g/mol. The smallest absolute Gasteiger partial charge is 0.204 e. The SMILES string of the molecule is CCCCOc1c(OC)ccc(Br)c1OC. The number of unbranched alkanes of at least 4 members (excludes halogenated alkanes) is 1. The predicted octanol–water partition coefficient (Wildman–Crippen LogP) is 3.65. The molecule has 0 N–H and O–H groups in total. The van der Waals surface area contributed by atoms with E-state index in [-0.39, 0.29) is 0 Å². The molecule has 1 aromatic rings. The van der Waals surface area contributed by atoms with Crippen molar-refractivity contribution in [3.8, 4) is 17.2 Å². The van der Waals surface area contributed by atoms with E-state index >= 15 is 0 Å². The van der Waals surface area contributed by atoms with Crippen LogP contribution in [0.3, 0.4) is 0 Å². The third kappa shape index (κ3) is 3.04. The molecule has 0 heterocycles. The predicted molar refractivity (Wildman–Crippen MR) is 67.6 cm³/mol. The Morgan fingerprint density at radius 3 is 2.44 bits per heavy atom. The Morgan fingerprint density at radius 1 is 1.12 bits per heavy atom. The van der Waals surface area contributed by atoms with Gasteiger partial charge in [-0.15, -0.1) is 0 Å². The van der Waals surface area contributed by atoms with Crippen LogP contribution in [-0.2, 0) is 0 Å². The summed E-state index contributed by atoms with van der Waals surface area (Å²) in [5.41, 5.74) is 0. The van der Waals surface area contributed by atoms with E-state index in [0.29, 0.717) is 23.9 Å². The molecule has 0 aromatic heterocycles. The molecule has 0 amide bonds. The van der Waals surface area contributed by atoms with Crippen LogP contribution in [0.1, 0.15) is 19.8 Å². The van der Waals surface area contributed by atoms with Gasteiger partial charge in [-0.1, -0.05) is 13.3 Å². The molecule has 0 aliphatic carbocycles. The maximum absolute atomic E-state index is 5.69. The Hall–Kier alpha value is -0.900. The second-order valence-electron chi connectivity index (χ2n) is 3.31. The third-order valence-electron chi connectivity index (χ3n) is 2.20. The van der Waals surface area contributed by atoms with Gasteiger partial charge in [0, 0.05) is 0 Å². The maximum Gasteiger partial charge on any atom is 0.204 e. The topological polar surface area (TPSA) is 27.7 Å². The quantitative estimate of drug-likeness (QED) is 0.748. The molecule has 4 heteroatoms. The zero-order chi connectivity index (χ0) is 12.0. The van der Waals surface area contributed by atoms with Crippen molar-refractivity contribution in [2.75, 3.05) is 20.8 Å². The molecule has 0 radical (unpaired) electrons. The highest BCUT2D eigenvalue weighted by Gasteiger charge is 2.14. The van der Waals surface area contributed by atoms with Crippen molar-refractivity contribution in [1.29, 1.82) is 0 Å². The lowest BCUT2D eigenvalue weighted by molar-refractivity contribution is 0.269. The first-order valence-electron chi connectivity index (χ1n) is 5.27. The fourth-order valence-electron chi connectivity index (χ4n) is 1.33. The minimum Gasteiger partial charge on any atom is -0.493 e. The van der Waals surface area contributed by atoms with Gasteiger partial charge >= 0.3 is 0 Å². The zero-order valence-corrected chi connectivity index (χ0v) is 11.5. The minimum absolute atomic E-state index is 0.660. The summed E-state index contributed by atoms with van der Waals surface area (Å²) in [5.74, 6) is 2.03. The van der Waals surface area contributed by atoms with Crippen LogP contribution in [0.25, 0.3) is 0 Å². The normalized spacial score (nSPS) is 10.0. The molecule has 0 atom stereocenters. The Kier molecular flexibility index (Phi) is 5.46. The van der Waals surface area contributed by atoms with Gasteiger partial charge in [0.05, 0.1) is 25.3 Å². The second-order valence-corrected chi connectivity index (χ2v) is 4.17. The Morgan fingerprint density at radius 2 is 1.88 bits per heavy atom. The zero-order valence-electron chi connectivity index (χ0n) is 9.88. The first-order chi connectivity index (χ1) is 7.74. The number of ether oxygens (including phenoxy) is 3. The minimum atomic E-state index is 0.660. The van der Waals surface area contributed by atoms with Crippen molar-refractivity contribution < 1.29 is 14.2 Å². The van der Waals surface area contributed by atoms with E-state index in [4.69, 9.17) is 14.2 Å². The van der Waals surface area contributed by atoms with Gasteiger partial charge < -0.3 is 14.2 Å². The molecule has 1 aromatic carbocycles. The van der Waals surface area contributed by atoms with Crippen LogP contribution in [0.2, 0.25) is 0 Å². The van der Waals surface area contributed by atoms with Gasteiger partial charge in [-0.05, 0) is 34.5 Å². The van der Waals surface area contributed by atoms with Gasteiger partial charge in [0.1, 0.15) is 0 Å². The molecule has 0 fully saturated rings. The molecule has 0 saturated carbocycles. The van der Waals surface area contributed by atoms with E-state index in [2.05, 4.69) is 22.9 Å². The summed E-state index contributed by atoms with van der Waals surface area (Å²) in [6, 6.07) is 3.73. The lowest BCUT2D eigenvalue weighted by atomic mass is 10.3. The van der Waals surface area contributed by atoms with Gasteiger partial charge in [-0.25, -0.2) is 0 Å². The van der Waals surface area contributed by atoms with E-state index in [1.165, 1.54) is 0 Å². The lowest BCUT2D eigenvalue weighted by Crippen LogP contribution is -2.01. The van der Waals surface area contributed by atoms with Crippen LogP contribution in [0.5, 0.6) is 17.2 Å². The highest BCUT2D eigenvalue weighted by Crippen LogP contribution is 2.42. The van der Waals surface area contributed by atoms with Crippen LogP contribution in [0.15, 0.2) is 16.6 Å². The summed E-state index contributed by atoms with van der Waals surface area (Å²) in [6.07, 6.45) is 2.11. The van der Waals surface area contributed by atoms with Crippen LogP contribution in [-0.4, -0.2) is 20.8 Å². The summed E-state index contributed by atoms with van der Waals surface area (Å²) in [6.45, 7) is 2.79. The first-order valence-corrected chi connectivity index (χ1v) is 6.07. The number of hydrogen-bond acceptors (Lipinski definition) is 3. The molecule has 90 valence electrons. The van der Waals surface area contributed by atoms with Crippen molar-refractivity contribution in [2.24, 2.45) is 0 Å². The van der Waals surface area contributed by atoms with Crippen molar-refractivity contribution in [3.05, 3.63) is 16.6 Å². The van der Waals surface area contributed by atoms with Gasteiger partial charge in [0.25, 0.3) is 0 Å². The number of hydrogen-bond donors (Lipinski definition) is 0. The van der Waals surface area contributed by atoms with Gasteiger partial charge in [0.2, 0.25) is 5.75 Å². The van der Waals surface area contributed by atoms with Crippen molar-refractivity contribution in [3.63, 3.8) is 0 Å². The summed E-state index contributed by atoms with van der Waals surface area (Å²) < 4.78 is 17.1. The summed E-state index contributed by atoms with van der Waals surface area (Å²) in [4.78, 5) is 0. The number of methoxy groups -OCH3 is 2. The monoisotopic (exact) mass is 288 g/mol. The van der Waals surface area contributed by atoms with Gasteiger partial charge in [-0.2, -0.15) is 0 Å². The molecule has 3 nitrogen and oxygen atoms in total. The van der Waals surface area contributed by atoms with E-state index < -0.39 is 0 Å². The summed E-state index contributed by atoms with van der Waals surface area (Å²) >= 11 is 3.42. The Bertz CT molecular complexity index is 339. The third-order valence-corrected chi connectivity index (χ3v) is 2.82. The first kappa shape index (κ1) is 13.2. The number of rotatable bonds is 6.